The van der Waals surface area contributed by atoms with Gasteiger partial charge in [-0.2, -0.15) is 4.40 Å². The number of ether oxygens (including phenoxy) is 1. The molecule has 0 aliphatic carbocycles. The van der Waals surface area contributed by atoms with E-state index >= 15 is 0 Å². The second-order valence-electron chi connectivity index (χ2n) is 5.92. The smallest absolute Gasteiger partial charge is 0.144 e. The molecule has 0 bridgehead atoms. The van der Waals surface area contributed by atoms with Crippen LogP contribution in [0.5, 0.6) is 0 Å². The SMILES string of the molecule is CC(C)(/C=N\[S@@](=O)C(C)(C)C)C1CCCO1. The van der Waals surface area contributed by atoms with E-state index in [1.54, 1.807) is 0 Å². The summed E-state index contributed by atoms with van der Waals surface area (Å²) in [6.07, 6.45) is 4.21. The minimum absolute atomic E-state index is 0.128. The predicted octanol–water partition coefficient (Wildman–Crippen LogP) is 2.72. The highest BCUT2D eigenvalue weighted by Gasteiger charge is 2.32. The zero-order chi connectivity index (χ0) is 12.4. The molecule has 1 aliphatic rings. The molecule has 0 aromatic rings. The van der Waals surface area contributed by atoms with Gasteiger partial charge in [-0.1, -0.05) is 13.8 Å². The van der Waals surface area contributed by atoms with Crippen LogP contribution in [-0.4, -0.2) is 27.9 Å². The molecule has 4 heteroatoms. The van der Waals surface area contributed by atoms with Crippen LogP contribution in [-0.2, 0) is 15.7 Å². The fraction of sp³-hybridized carbons (Fsp3) is 0.917. The summed E-state index contributed by atoms with van der Waals surface area (Å²) in [5, 5.41) is 0. The predicted molar refractivity (Wildman–Crippen MR) is 69.1 cm³/mol. The second kappa shape index (κ2) is 4.96. The van der Waals surface area contributed by atoms with Crippen molar-refractivity contribution in [3.8, 4) is 0 Å². The molecule has 2 atom stereocenters. The molecule has 16 heavy (non-hydrogen) atoms. The molecule has 0 amide bonds. The van der Waals surface area contributed by atoms with Crippen LogP contribution in [0.15, 0.2) is 4.40 Å². The third-order valence-electron chi connectivity index (χ3n) is 2.76. The van der Waals surface area contributed by atoms with E-state index in [4.69, 9.17) is 4.74 Å². The van der Waals surface area contributed by atoms with Crippen LogP contribution in [0.3, 0.4) is 0 Å². The lowest BCUT2D eigenvalue weighted by Crippen LogP contribution is -2.31. The van der Waals surface area contributed by atoms with Crippen molar-refractivity contribution in [3.05, 3.63) is 0 Å². The molecule has 1 aliphatic heterocycles. The van der Waals surface area contributed by atoms with Gasteiger partial charge in [-0.15, -0.1) is 0 Å². The van der Waals surface area contributed by atoms with Crippen LogP contribution in [0.4, 0.5) is 0 Å². The molecule has 0 spiro atoms. The Morgan fingerprint density at radius 1 is 1.31 bits per heavy atom. The van der Waals surface area contributed by atoms with Crippen molar-refractivity contribution in [2.24, 2.45) is 9.81 Å². The quantitative estimate of drug-likeness (QED) is 0.717. The van der Waals surface area contributed by atoms with Crippen molar-refractivity contribution in [1.29, 1.82) is 0 Å². The summed E-state index contributed by atoms with van der Waals surface area (Å²) in [4.78, 5) is 0. The maximum atomic E-state index is 11.8. The van der Waals surface area contributed by atoms with Gasteiger partial charge in [0.1, 0.15) is 11.0 Å². The van der Waals surface area contributed by atoms with Crippen LogP contribution >= 0.6 is 0 Å². The maximum Gasteiger partial charge on any atom is 0.144 e. The lowest BCUT2D eigenvalue weighted by atomic mass is 9.86. The number of rotatable bonds is 3. The second-order valence-corrected chi connectivity index (χ2v) is 7.85. The number of hydrogen-bond acceptors (Lipinski definition) is 2. The zero-order valence-corrected chi connectivity index (χ0v) is 11.8. The van der Waals surface area contributed by atoms with E-state index in [1.165, 1.54) is 0 Å². The summed E-state index contributed by atoms with van der Waals surface area (Å²) in [7, 11) is -1.17. The zero-order valence-electron chi connectivity index (χ0n) is 10.9. The molecular weight excluding hydrogens is 222 g/mol. The molecule has 0 N–H and O–H groups in total. The molecule has 0 radical (unpaired) electrons. The monoisotopic (exact) mass is 245 g/mol. The summed E-state index contributed by atoms with van der Waals surface area (Å²) in [5.74, 6) is 0. The van der Waals surface area contributed by atoms with Gasteiger partial charge in [0.05, 0.1) is 10.9 Å². The Kier molecular flexibility index (Phi) is 4.29. The maximum absolute atomic E-state index is 11.8. The molecule has 94 valence electrons. The summed E-state index contributed by atoms with van der Waals surface area (Å²) in [6.45, 7) is 10.8. The molecule has 0 aromatic heterocycles. The van der Waals surface area contributed by atoms with E-state index in [9.17, 15) is 4.21 Å². The van der Waals surface area contributed by atoms with Gasteiger partial charge in [0.15, 0.2) is 0 Å². The van der Waals surface area contributed by atoms with Gasteiger partial charge in [0.25, 0.3) is 0 Å². The number of hydrogen-bond donors (Lipinski definition) is 0. The molecule has 1 rings (SSSR count). The highest BCUT2D eigenvalue weighted by atomic mass is 32.2. The van der Waals surface area contributed by atoms with Crippen LogP contribution in [0, 0.1) is 5.41 Å². The van der Waals surface area contributed by atoms with Crippen molar-refractivity contribution < 1.29 is 8.95 Å². The summed E-state index contributed by atoms with van der Waals surface area (Å²) >= 11 is 0. The van der Waals surface area contributed by atoms with Gasteiger partial charge >= 0.3 is 0 Å². The minimum Gasteiger partial charge on any atom is -0.377 e. The number of nitrogens with zero attached hydrogens (tertiary/aromatic N) is 1. The molecule has 0 aromatic carbocycles. The first-order valence-corrected chi connectivity index (χ1v) is 6.93. The summed E-state index contributed by atoms with van der Waals surface area (Å²) in [5.41, 5.74) is -0.128. The first-order chi connectivity index (χ1) is 7.23. The van der Waals surface area contributed by atoms with Gasteiger partial charge in [-0.05, 0) is 33.6 Å². The molecular formula is C12H23NO2S. The standard InChI is InChI=1S/C12H23NO2S/c1-11(2,3)16(14)13-9-12(4,5)10-7-6-8-15-10/h9-10H,6-8H2,1-5H3/b13-9-/t10?,16-/m0/s1. The fourth-order valence-corrected chi connectivity index (χ4v) is 2.27. The fourth-order valence-electron chi connectivity index (χ4n) is 1.59. The van der Waals surface area contributed by atoms with E-state index in [-0.39, 0.29) is 16.3 Å². The van der Waals surface area contributed by atoms with Gasteiger partial charge < -0.3 is 4.74 Å². The third-order valence-corrected chi connectivity index (χ3v) is 4.11. The van der Waals surface area contributed by atoms with Gasteiger partial charge in [-0.25, -0.2) is 4.21 Å². The van der Waals surface area contributed by atoms with Gasteiger partial charge in [-0.3, -0.25) is 0 Å². The van der Waals surface area contributed by atoms with Crippen LogP contribution < -0.4 is 0 Å². The highest BCUT2D eigenvalue weighted by Crippen LogP contribution is 2.29. The van der Waals surface area contributed by atoms with Crippen LogP contribution in [0.2, 0.25) is 0 Å². The van der Waals surface area contributed by atoms with Crippen LogP contribution in [0.25, 0.3) is 0 Å². The average molecular weight is 245 g/mol. The Balaban J connectivity index is 2.64. The average Bonchev–Trinajstić information content (AvgIpc) is 2.65. The van der Waals surface area contributed by atoms with Gasteiger partial charge in [0.2, 0.25) is 0 Å². The largest absolute Gasteiger partial charge is 0.377 e. The van der Waals surface area contributed by atoms with E-state index in [1.807, 2.05) is 27.0 Å². The minimum atomic E-state index is -1.17. The summed E-state index contributed by atoms with van der Waals surface area (Å²) in [6, 6.07) is 0. The molecule has 3 nitrogen and oxygen atoms in total. The van der Waals surface area contributed by atoms with Crippen molar-refractivity contribution in [3.63, 3.8) is 0 Å². The Bertz CT molecular complexity index is 286. The van der Waals surface area contributed by atoms with E-state index < -0.39 is 11.0 Å². The first-order valence-electron chi connectivity index (χ1n) is 5.82. The topological polar surface area (TPSA) is 38.7 Å². The highest BCUT2D eigenvalue weighted by molar-refractivity contribution is 7.85. The Morgan fingerprint density at radius 2 is 1.94 bits per heavy atom. The van der Waals surface area contributed by atoms with Crippen LogP contribution in [0.1, 0.15) is 47.5 Å². The first kappa shape index (κ1) is 13.8. The summed E-state index contributed by atoms with van der Waals surface area (Å²) < 4.78 is 21.3. The molecule has 1 fully saturated rings. The normalized spacial score (nSPS) is 25.2. The third kappa shape index (κ3) is 3.67. The molecule has 1 saturated heterocycles. The van der Waals surface area contributed by atoms with Crippen molar-refractivity contribution in [2.45, 2.75) is 58.3 Å². The van der Waals surface area contributed by atoms with E-state index in [2.05, 4.69) is 18.2 Å². The lowest BCUT2D eigenvalue weighted by molar-refractivity contribution is 0.0545. The van der Waals surface area contributed by atoms with Crippen molar-refractivity contribution in [1.82, 2.24) is 0 Å². The van der Waals surface area contributed by atoms with Gasteiger partial charge in [0, 0.05) is 18.2 Å². The van der Waals surface area contributed by atoms with E-state index in [0.717, 1.165) is 19.4 Å². The Labute approximate surface area is 101 Å². The van der Waals surface area contributed by atoms with E-state index in [0.29, 0.717) is 0 Å². The Hall–Kier alpha value is -0.220. The molecule has 0 saturated carbocycles. The molecule has 1 heterocycles. The Morgan fingerprint density at radius 3 is 2.38 bits per heavy atom. The lowest BCUT2D eigenvalue weighted by Gasteiger charge is -2.26. The van der Waals surface area contributed by atoms with Crippen molar-refractivity contribution in [2.75, 3.05) is 6.61 Å². The molecule has 1 unspecified atom stereocenters. The van der Waals surface area contributed by atoms with Crippen molar-refractivity contribution >= 4 is 17.2 Å².